The number of amides is 1. The molecule has 6 nitrogen and oxygen atoms in total. The molecule has 2 aromatic carbocycles. The largest absolute Gasteiger partial charge is 0.465 e. The minimum Gasteiger partial charge on any atom is -0.465 e. The van der Waals surface area contributed by atoms with Crippen LogP contribution >= 0.6 is 0 Å². The minimum absolute atomic E-state index is 0.173. The fraction of sp³-hybridized carbons (Fsp3) is 0.208. The predicted octanol–water partition coefficient (Wildman–Crippen LogP) is 3.88. The highest BCUT2D eigenvalue weighted by atomic mass is 16.5. The van der Waals surface area contributed by atoms with Crippen molar-refractivity contribution in [2.45, 2.75) is 27.2 Å². The van der Waals surface area contributed by atoms with Gasteiger partial charge in [0, 0.05) is 22.6 Å². The van der Waals surface area contributed by atoms with Gasteiger partial charge in [-0.25, -0.2) is 10.2 Å². The summed E-state index contributed by atoms with van der Waals surface area (Å²) < 4.78 is 6.95. The van der Waals surface area contributed by atoms with Gasteiger partial charge in [0.15, 0.2) is 0 Å². The van der Waals surface area contributed by atoms with Crippen molar-refractivity contribution in [2.75, 3.05) is 7.11 Å². The average molecular weight is 403 g/mol. The summed E-state index contributed by atoms with van der Waals surface area (Å²) >= 11 is 0. The molecular weight excluding hydrogens is 378 g/mol. The van der Waals surface area contributed by atoms with Crippen molar-refractivity contribution in [1.82, 2.24) is 9.99 Å². The molecule has 1 N–H and O–H groups in total. The van der Waals surface area contributed by atoms with E-state index >= 15 is 0 Å². The lowest BCUT2D eigenvalue weighted by Crippen LogP contribution is -2.19. The van der Waals surface area contributed by atoms with Gasteiger partial charge in [-0.1, -0.05) is 36.4 Å². The molecular formula is C24H25N3O3. The summed E-state index contributed by atoms with van der Waals surface area (Å²) in [4.78, 5) is 24.1. The Kier molecular flexibility index (Phi) is 6.47. The SMILES string of the molecule is COC(=O)c1cccc(-n2c(C)cc(C=NNC(=O)Cc3ccccc3)c2C)c1C. The van der Waals surface area contributed by atoms with E-state index in [4.69, 9.17) is 4.74 Å². The average Bonchev–Trinajstić information content (AvgIpc) is 3.01. The maximum absolute atomic E-state index is 12.1. The Hall–Kier alpha value is -3.67. The first kappa shape index (κ1) is 21.0. The van der Waals surface area contributed by atoms with Crippen molar-refractivity contribution in [1.29, 1.82) is 0 Å². The standard InChI is InChI=1S/C24H25N3O3/c1-16-13-20(15-25-26-23(28)14-19-9-6-5-7-10-19)18(3)27(16)22-12-8-11-21(17(22)2)24(29)30-4/h5-13,15H,14H2,1-4H3,(H,26,28). The summed E-state index contributed by atoms with van der Waals surface area (Å²) in [5.74, 6) is -0.535. The van der Waals surface area contributed by atoms with E-state index in [-0.39, 0.29) is 18.3 Å². The predicted molar refractivity (Wildman–Crippen MR) is 117 cm³/mol. The number of carbonyl (C=O) groups excluding carboxylic acids is 2. The molecule has 0 fully saturated rings. The zero-order chi connectivity index (χ0) is 21.7. The van der Waals surface area contributed by atoms with Gasteiger partial charge >= 0.3 is 5.97 Å². The van der Waals surface area contributed by atoms with Gasteiger partial charge in [-0.05, 0) is 50.1 Å². The first-order valence-corrected chi connectivity index (χ1v) is 9.65. The molecule has 0 bridgehead atoms. The van der Waals surface area contributed by atoms with Crippen molar-refractivity contribution < 1.29 is 14.3 Å². The highest BCUT2D eigenvalue weighted by Crippen LogP contribution is 2.25. The highest BCUT2D eigenvalue weighted by molar-refractivity contribution is 5.92. The molecule has 0 aliphatic rings. The van der Waals surface area contributed by atoms with E-state index in [2.05, 4.69) is 15.1 Å². The summed E-state index contributed by atoms with van der Waals surface area (Å²) in [5, 5.41) is 4.12. The lowest BCUT2D eigenvalue weighted by molar-refractivity contribution is -0.120. The lowest BCUT2D eigenvalue weighted by atomic mass is 10.1. The van der Waals surface area contributed by atoms with Crippen LogP contribution in [0.4, 0.5) is 0 Å². The van der Waals surface area contributed by atoms with Gasteiger partial charge in [-0.15, -0.1) is 0 Å². The Morgan fingerprint density at radius 2 is 1.80 bits per heavy atom. The van der Waals surface area contributed by atoms with Gasteiger partial charge in [0.05, 0.1) is 25.3 Å². The summed E-state index contributed by atoms with van der Waals surface area (Å²) in [6.07, 6.45) is 1.91. The maximum Gasteiger partial charge on any atom is 0.338 e. The molecule has 0 aliphatic carbocycles. The molecule has 0 unspecified atom stereocenters. The van der Waals surface area contributed by atoms with E-state index in [9.17, 15) is 9.59 Å². The number of ether oxygens (including phenoxy) is 1. The number of hydrogen-bond acceptors (Lipinski definition) is 4. The molecule has 0 radical (unpaired) electrons. The number of carbonyl (C=O) groups is 2. The Bertz CT molecular complexity index is 1100. The van der Waals surface area contributed by atoms with Crippen molar-refractivity contribution in [3.05, 3.63) is 88.2 Å². The molecule has 3 aromatic rings. The van der Waals surface area contributed by atoms with Crippen LogP contribution in [-0.4, -0.2) is 29.8 Å². The Balaban J connectivity index is 1.80. The summed E-state index contributed by atoms with van der Waals surface area (Å²) in [7, 11) is 1.38. The zero-order valence-corrected chi connectivity index (χ0v) is 17.6. The first-order valence-electron chi connectivity index (χ1n) is 9.65. The van der Waals surface area contributed by atoms with Crippen LogP contribution in [-0.2, 0) is 16.0 Å². The number of nitrogens with zero attached hydrogens (tertiary/aromatic N) is 2. The van der Waals surface area contributed by atoms with Crippen molar-refractivity contribution in [2.24, 2.45) is 5.10 Å². The molecule has 3 rings (SSSR count). The van der Waals surface area contributed by atoms with Crippen LogP contribution in [0, 0.1) is 20.8 Å². The second-order valence-electron chi connectivity index (χ2n) is 7.06. The normalized spacial score (nSPS) is 10.9. The molecule has 154 valence electrons. The number of aromatic nitrogens is 1. The molecule has 1 heterocycles. The van der Waals surface area contributed by atoms with Crippen LogP contribution in [0.25, 0.3) is 5.69 Å². The summed E-state index contributed by atoms with van der Waals surface area (Å²) in [6, 6.07) is 17.1. The Morgan fingerprint density at radius 1 is 1.07 bits per heavy atom. The first-order chi connectivity index (χ1) is 14.4. The topological polar surface area (TPSA) is 72.7 Å². The van der Waals surface area contributed by atoms with Crippen LogP contribution in [0.3, 0.4) is 0 Å². The fourth-order valence-electron chi connectivity index (χ4n) is 3.48. The molecule has 0 spiro atoms. The molecule has 6 heteroatoms. The molecule has 0 saturated carbocycles. The van der Waals surface area contributed by atoms with Crippen LogP contribution < -0.4 is 5.43 Å². The Morgan fingerprint density at radius 3 is 2.50 bits per heavy atom. The number of benzene rings is 2. The van der Waals surface area contributed by atoms with E-state index in [1.54, 1.807) is 12.3 Å². The van der Waals surface area contributed by atoms with E-state index in [1.165, 1.54) is 7.11 Å². The lowest BCUT2D eigenvalue weighted by Gasteiger charge is -2.15. The third kappa shape index (κ3) is 4.49. The quantitative estimate of drug-likeness (QED) is 0.386. The molecule has 0 aliphatic heterocycles. The molecule has 30 heavy (non-hydrogen) atoms. The smallest absolute Gasteiger partial charge is 0.338 e. The van der Waals surface area contributed by atoms with Gasteiger partial charge in [0.1, 0.15) is 0 Å². The van der Waals surface area contributed by atoms with Gasteiger partial charge < -0.3 is 9.30 Å². The number of rotatable bonds is 6. The number of hydrazone groups is 1. The monoisotopic (exact) mass is 403 g/mol. The third-order valence-electron chi connectivity index (χ3n) is 5.02. The second-order valence-corrected chi connectivity index (χ2v) is 7.06. The number of hydrogen-bond donors (Lipinski definition) is 1. The van der Waals surface area contributed by atoms with Gasteiger partial charge in [-0.2, -0.15) is 5.10 Å². The van der Waals surface area contributed by atoms with Crippen LogP contribution in [0.15, 0.2) is 59.7 Å². The van der Waals surface area contributed by atoms with E-state index in [1.807, 2.05) is 69.3 Å². The minimum atomic E-state index is -0.361. The summed E-state index contributed by atoms with van der Waals surface area (Å²) in [6.45, 7) is 5.87. The molecule has 1 amide bonds. The zero-order valence-electron chi connectivity index (χ0n) is 17.6. The van der Waals surface area contributed by atoms with Crippen LogP contribution in [0.1, 0.15) is 38.4 Å². The van der Waals surface area contributed by atoms with Gasteiger partial charge in [-0.3, -0.25) is 4.79 Å². The molecule has 0 saturated heterocycles. The third-order valence-corrected chi connectivity index (χ3v) is 5.02. The number of aryl methyl sites for hydroxylation is 1. The fourth-order valence-corrected chi connectivity index (χ4v) is 3.48. The van der Waals surface area contributed by atoms with Crippen LogP contribution in [0.2, 0.25) is 0 Å². The second kappa shape index (κ2) is 9.22. The maximum atomic E-state index is 12.1. The van der Waals surface area contributed by atoms with E-state index in [0.29, 0.717) is 5.56 Å². The van der Waals surface area contributed by atoms with E-state index in [0.717, 1.165) is 33.8 Å². The molecule has 0 atom stereocenters. The Labute approximate surface area is 176 Å². The number of methoxy groups -OCH3 is 1. The van der Waals surface area contributed by atoms with Crippen molar-refractivity contribution in [3.63, 3.8) is 0 Å². The van der Waals surface area contributed by atoms with Gasteiger partial charge in [0.2, 0.25) is 5.91 Å². The molecule has 1 aromatic heterocycles. The van der Waals surface area contributed by atoms with Crippen LogP contribution in [0.5, 0.6) is 0 Å². The van der Waals surface area contributed by atoms with E-state index < -0.39 is 0 Å². The summed E-state index contributed by atoms with van der Waals surface area (Å²) in [5.41, 5.74) is 8.63. The highest BCUT2D eigenvalue weighted by Gasteiger charge is 2.16. The van der Waals surface area contributed by atoms with Gasteiger partial charge in [0.25, 0.3) is 0 Å². The van der Waals surface area contributed by atoms with Crippen molar-refractivity contribution in [3.8, 4) is 5.69 Å². The number of nitrogens with one attached hydrogen (secondary N) is 1. The number of esters is 1. The van der Waals surface area contributed by atoms with Crippen molar-refractivity contribution >= 4 is 18.1 Å².